The topological polar surface area (TPSA) is 122 Å². The smallest absolute Gasteiger partial charge is 0.256 e. The molecule has 2 N–H and O–H groups in total. The van der Waals surface area contributed by atoms with Gasteiger partial charge in [-0.3, -0.25) is 4.79 Å². The van der Waals surface area contributed by atoms with E-state index in [1.807, 2.05) is 0 Å². The Hall–Kier alpha value is -2.47. The molecule has 0 atom stereocenters. The quantitative estimate of drug-likeness (QED) is 0.564. The number of anilines is 1. The molecule has 1 amide bonds. The van der Waals surface area contributed by atoms with Crippen molar-refractivity contribution in [1.82, 2.24) is 9.03 Å². The van der Waals surface area contributed by atoms with Gasteiger partial charge >= 0.3 is 0 Å². The van der Waals surface area contributed by atoms with Crippen LogP contribution in [-0.2, 0) is 20.0 Å². The van der Waals surface area contributed by atoms with Crippen molar-refractivity contribution < 1.29 is 26.4 Å². The molecule has 1 heterocycles. The van der Waals surface area contributed by atoms with Crippen LogP contribution in [0.2, 0.25) is 0 Å². The van der Waals surface area contributed by atoms with Crippen LogP contribution >= 0.6 is 0 Å². The lowest BCUT2D eigenvalue weighted by Crippen LogP contribution is -2.35. The Morgan fingerprint density at radius 1 is 0.971 bits per heavy atom. The Morgan fingerprint density at radius 2 is 1.62 bits per heavy atom. The van der Waals surface area contributed by atoms with Crippen LogP contribution in [0.15, 0.2) is 46.2 Å². The van der Waals surface area contributed by atoms with Crippen molar-refractivity contribution in [1.29, 1.82) is 0 Å². The summed E-state index contributed by atoms with van der Waals surface area (Å²) in [5.74, 6) is -0.301. The molecule has 0 radical (unpaired) electrons. The van der Waals surface area contributed by atoms with Crippen molar-refractivity contribution in [3.63, 3.8) is 0 Å². The molecule has 34 heavy (non-hydrogen) atoms. The van der Waals surface area contributed by atoms with Gasteiger partial charge in [-0.2, -0.15) is 4.31 Å². The van der Waals surface area contributed by atoms with Crippen LogP contribution in [0, 0.1) is 6.92 Å². The monoisotopic (exact) mass is 509 g/mol. The third kappa shape index (κ3) is 5.77. The highest BCUT2D eigenvalue weighted by Crippen LogP contribution is 2.29. The zero-order valence-corrected chi connectivity index (χ0v) is 21.4. The Bertz CT molecular complexity index is 1270. The third-order valence-corrected chi connectivity index (χ3v) is 9.08. The Labute approximate surface area is 201 Å². The summed E-state index contributed by atoms with van der Waals surface area (Å²) >= 11 is 0. The molecule has 186 valence electrons. The van der Waals surface area contributed by atoms with Crippen LogP contribution in [0.4, 0.5) is 5.69 Å². The van der Waals surface area contributed by atoms with E-state index in [9.17, 15) is 21.6 Å². The van der Waals surface area contributed by atoms with Crippen molar-refractivity contribution in [3.8, 4) is 5.75 Å². The second-order valence-corrected chi connectivity index (χ2v) is 12.2. The van der Waals surface area contributed by atoms with Crippen molar-refractivity contribution in [2.24, 2.45) is 0 Å². The first-order valence-electron chi connectivity index (χ1n) is 11.1. The van der Waals surface area contributed by atoms with Gasteiger partial charge in [0.15, 0.2) is 0 Å². The normalized spacial score (nSPS) is 15.3. The lowest BCUT2D eigenvalue weighted by molar-refractivity contribution is 0.102. The number of piperidine rings is 1. The maximum absolute atomic E-state index is 13.2. The van der Waals surface area contributed by atoms with Gasteiger partial charge in [-0.05, 0) is 69.5 Å². The number of ether oxygens (including phenoxy) is 1. The maximum Gasteiger partial charge on any atom is 0.256 e. The molecule has 2 aromatic carbocycles. The van der Waals surface area contributed by atoms with Crippen LogP contribution in [0.25, 0.3) is 0 Å². The molecule has 11 heteroatoms. The third-order valence-electron chi connectivity index (χ3n) is 5.53. The van der Waals surface area contributed by atoms with Gasteiger partial charge in [-0.1, -0.05) is 12.5 Å². The van der Waals surface area contributed by atoms with Gasteiger partial charge in [-0.25, -0.2) is 21.6 Å². The minimum absolute atomic E-state index is 0.0320. The Kier molecular flexibility index (Phi) is 8.02. The van der Waals surface area contributed by atoms with E-state index in [0.29, 0.717) is 18.7 Å². The lowest BCUT2D eigenvalue weighted by atomic mass is 10.1. The number of hydrogen-bond donors (Lipinski definition) is 2. The van der Waals surface area contributed by atoms with Crippen LogP contribution in [-0.4, -0.2) is 53.3 Å². The summed E-state index contributed by atoms with van der Waals surface area (Å²) in [6.45, 7) is 6.03. The largest absolute Gasteiger partial charge is 0.495 e. The molecule has 1 aliphatic heterocycles. The number of hydrogen-bond acceptors (Lipinski definition) is 6. The zero-order chi connectivity index (χ0) is 25.1. The summed E-state index contributed by atoms with van der Waals surface area (Å²) in [5, 5.41) is 2.68. The molecule has 1 fully saturated rings. The highest BCUT2D eigenvalue weighted by atomic mass is 32.2. The predicted molar refractivity (Wildman–Crippen MR) is 130 cm³/mol. The summed E-state index contributed by atoms with van der Waals surface area (Å²) in [4.78, 5) is 13.2. The molecule has 0 aliphatic carbocycles. The van der Waals surface area contributed by atoms with Crippen LogP contribution < -0.4 is 14.8 Å². The Balaban J connectivity index is 1.94. The molecular weight excluding hydrogens is 478 g/mol. The molecule has 3 rings (SSSR count). The molecule has 1 saturated heterocycles. The van der Waals surface area contributed by atoms with Gasteiger partial charge in [0.1, 0.15) is 5.75 Å². The molecule has 2 aromatic rings. The maximum atomic E-state index is 13.2. The highest BCUT2D eigenvalue weighted by molar-refractivity contribution is 7.89. The van der Waals surface area contributed by atoms with E-state index in [2.05, 4.69) is 10.0 Å². The number of nitrogens with zero attached hydrogens (tertiary/aromatic N) is 1. The first kappa shape index (κ1) is 26.1. The number of benzene rings is 2. The highest BCUT2D eigenvalue weighted by Gasteiger charge is 2.27. The van der Waals surface area contributed by atoms with E-state index in [1.165, 1.54) is 41.7 Å². The molecule has 0 bridgehead atoms. The van der Waals surface area contributed by atoms with Crippen LogP contribution in [0.5, 0.6) is 5.75 Å². The number of sulfonamides is 2. The summed E-state index contributed by atoms with van der Waals surface area (Å²) in [7, 11) is -6.11. The predicted octanol–water partition coefficient (Wildman–Crippen LogP) is 3.12. The fourth-order valence-corrected chi connectivity index (χ4v) is 6.60. The Morgan fingerprint density at radius 3 is 2.24 bits per heavy atom. The number of rotatable bonds is 8. The van der Waals surface area contributed by atoms with E-state index in [1.54, 1.807) is 26.8 Å². The van der Waals surface area contributed by atoms with Gasteiger partial charge in [0, 0.05) is 24.7 Å². The second-order valence-electron chi connectivity index (χ2n) is 8.53. The fraction of sp³-hybridized carbons (Fsp3) is 0.435. The lowest BCUT2D eigenvalue weighted by Gasteiger charge is -2.26. The molecule has 0 unspecified atom stereocenters. The molecule has 9 nitrogen and oxygen atoms in total. The fourth-order valence-electron chi connectivity index (χ4n) is 3.78. The van der Waals surface area contributed by atoms with Gasteiger partial charge in [0.25, 0.3) is 5.91 Å². The zero-order valence-electron chi connectivity index (χ0n) is 19.8. The van der Waals surface area contributed by atoms with Gasteiger partial charge in [0.2, 0.25) is 20.0 Å². The minimum Gasteiger partial charge on any atom is -0.495 e. The van der Waals surface area contributed by atoms with E-state index in [4.69, 9.17) is 4.74 Å². The molecule has 0 aromatic heterocycles. The van der Waals surface area contributed by atoms with E-state index in [-0.39, 0.29) is 32.8 Å². The standard InChI is InChI=1S/C23H31N3O6S2/c1-16(2)25-33(28,29)18-10-11-22(32-4)21(15-18)24-23(27)20-14-19(9-8-17(20)3)34(30,31)26-12-6-5-7-13-26/h8-11,14-16,25H,5-7,12-13H2,1-4H3,(H,24,27). The summed E-state index contributed by atoms with van der Waals surface area (Å²) in [6, 6.07) is 8.30. The van der Waals surface area contributed by atoms with E-state index >= 15 is 0 Å². The number of aryl methyl sites for hydroxylation is 1. The van der Waals surface area contributed by atoms with Crippen molar-refractivity contribution in [2.45, 2.75) is 55.9 Å². The van der Waals surface area contributed by atoms with Gasteiger partial charge in [0.05, 0.1) is 22.6 Å². The van der Waals surface area contributed by atoms with Crippen LogP contribution in [0.1, 0.15) is 49.0 Å². The SMILES string of the molecule is COc1ccc(S(=O)(=O)NC(C)C)cc1NC(=O)c1cc(S(=O)(=O)N2CCCCC2)ccc1C. The number of carbonyl (C=O) groups is 1. The average Bonchev–Trinajstić information content (AvgIpc) is 2.78. The minimum atomic E-state index is -3.80. The number of nitrogens with one attached hydrogen (secondary N) is 2. The average molecular weight is 510 g/mol. The van der Waals surface area contributed by atoms with E-state index < -0.39 is 26.0 Å². The van der Waals surface area contributed by atoms with Crippen molar-refractivity contribution >= 4 is 31.6 Å². The summed E-state index contributed by atoms with van der Waals surface area (Å²) in [6.07, 6.45) is 2.61. The molecule has 0 saturated carbocycles. The summed E-state index contributed by atoms with van der Waals surface area (Å²) < 4.78 is 60.5. The first-order chi connectivity index (χ1) is 16.0. The number of amides is 1. The molecule has 1 aliphatic rings. The van der Waals surface area contributed by atoms with Gasteiger partial charge in [-0.15, -0.1) is 0 Å². The number of carbonyl (C=O) groups excluding carboxylic acids is 1. The van der Waals surface area contributed by atoms with E-state index in [0.717, 1.165) is 19.3 Å². The second kappa shape index (κ2) is 10.4. The first-order valence-corrected chi connectivity index (χ1v) is 14.0. The van der Waals surface area contributed by atoms with Crippen LogP contribution in [0.3, 0.4) is 0 Å². The summed E-state index contributed by atoms with van der Waals surface area (Å²) in [5.41, 5.74) is 0.913. The van der Waals surface area contributed by atoms with Gasteiger partial charge < -0.3 is 10.1 Å². The number of methoxy groups -OCH3 is 1. The van der Waals surface area contributed by atoms with Crippen molar-refractivity contribution in [2.75, 3.05) is 25.5 Å². The van der Waals surface area contributed by atoms with Crippen molar-refractivity contribution in [3.05, 3.63) is 47.5 Å². The molecule has 0 spiro atoms. The molecular formula is C23H31N3O6S2.